The van der Waals surface area contributed by atoms with E-state index in [0.717, 1.165) is 10.1 Å². The Kier molecular flexibility index (Phi) is 1.66. The van der Waals surface area contributed by atoms with Crippen molar-refractivity contribution in [2.75, 3.05) is 0 Å². The van der Waals surface area contributed by atoms with Crippen LogP contribution in [0.4, 0.5) is 0 Å². The Morgan fingerprint density at radius 2 is 1.92 bits per heavy atom. The number of thiophene rings is 1. The van der Waals surface area contributed by atoms with Gasteiger partial charge in [0.15, 0.2) is 0 Å². The predicted octanol–water partition coefficient (Wildman–Crippen LogP) is 2.60. The molecule has 0 bridgehead atoms. The molecule has 2 aromatic rings. The third-order valence-corrected chi connectivity index (χ3v) is 2.94. The fourth-order valence-electron chi connectivity index (χ4n) is 1.04. The van der Waals surface area contributed by atoms with Gasteiger partial charge in [0.1, 0.15) is 11.5 Å². The van der Waals surface area contributed by atoms with E-state index in [1.807, 2.05) is 0 Å². The average Bonchev–Trinajstić information content (AvgIpc) is 2.35. The lowest BCUT2D eigenvalue weighted by Gasteiger charge is -1.97. The number of hydrogen-bond donors (Lipinski definition) is 3. The van der Waals surface area contributed by atoms with Gasteiger partial charge in [0, 0.05) is 20.4 Å². The normalized spacial score (nSPS) is 10.8. The van der Waals surface area contributed by atoms with E-state index in [1.165, 1.54) is 11.3 Å². The minimum absolute atomic E-state index is 0.146. The van der Waals surface area contributed by atoms with Gasteiger partial charge < -0.3 is 10.2 Å². The Bertz CT molecular complexity index is 434. The second kappa shape index (κ2) is 2.57. The van der Waals surface area contributed by atoms with Crippen molar-refractivity contribution in [2.45, 2.75) is 4.90 Å². The molecule has 1 aromatic carbocycles. The Morgan fingerprint density at radius 3 is 2.67 bits per heavy atom. The lowest BCUT2D eigenvalue weighted by Crippen LogP contribution is -1.69. The van der Waals surface area contributed by atoms with Gasteiger partial charge in [-0.2, -0.15) is 0 Å². The highest BCUT2D eigenvalue weighted by Gasteiger charge is 2.05. The molecule has 0 amide bonds. The molecule has 12 heavy (non-hydrogen) atoms. The maximum Gasteiger partial charge on any atom is 0.134 e. The maximum absolute atomic E-state index is 9.32. The summed E-state index contributed by atoms with van der Waals surface area (Å²) in [5, 5.41) is 21.0. The topological polar surface area (TPSA) is 40.5 Å². The van der Waals surface area contributed by atoms with Gasteiger partial charge in [-0.3, -0.25) is 0 Å². The number of fused-ring (bicyclic) bond motifs is 1. The third kappa shape index (κ3) is 1.04. The van der Waals surface area contributed by atoms with Crippen molar-refractivity contribution in [3.63, 3.8) is 0 Å². The first-order chi connectivity index (χ1) is 5.68. The molecule has 0 aliphatic heterocycles. The van der Waals surface area contributed by atoms with Crippen molar-refractivity contribution in [3.8, 4) is 11.5 Å². The molecule has 0 saturated carbocycles. The van der Waals surface area contributed by atoms with Crippen LogP contribution in [0.2, 0.25) is 0 Å². The molecule has 0 aliphatic carbocycles. The molecular weight excluding hydrogens is 192 g/mol. The van der Waals surface area contributed by atoms with E-state index < -0.39 is 0 Å². The number of hydrogen-bond acceptors (Lipinski definition) is 4. The van der Waals surface area contributed by atoms with Crippen LogP contribution < -0.4 is 0 Å². The van der Waals surface area contributed by atoms with Gasteiger partial charge in [0.05, 0.1) is 0 Å². The highest BCUT2D eigenvalue weighted by Crippen LogP contribution is 2.36. The van der Waals surface area contributed by atoms with Gasteiger partial charge in [0.2, 0.25) is 0 Å². The van der Waals surface area contributed by atoms with Gasteiger partial charge in [0.25, 0.3) is 0 Å². The number of benzene rings is 1. The minimum Gasteiger partial charge on any atom is -0.507 e. The molecular formula is C8H6O2S2. The maximum atomic E-state index is 9.32. The van der Waals surface area contributed by atoms with Crippen LogP contribution >= 0.6 is 24.0 Å². The molecule has 62 valence electrons. The summed E-state index contributed by atoms with van der Waals surface area (Å²) in [4.78, 5) is 0.483. The highest BCUT2D eigenvalue weighted by molar-refractivity contribution is 7.80. The van der Waals surface area contributed by atoms with Crippen molar-refractivity contribution in [1.29, 1.82) is 0 Å². The fraction of sp³-hybridized carbons (Fsp3) is 0. The molecule has 2 rings (SSSR count). The number of phenolic OH excluding ortho intramolecular Hbond substituents is 1. The Morgan fingerprint density at radius 1 is 1.17 bits per heavy atom. The van der Waals surface area contributed by atoms with Gasteiger partial charge in [-0.1, -0.05) is 0 Å². The molecule has 1 heterocycles. The van der Waals surface area contributed by atoms with E-state index in [0.29, 0.717) is 4.90 Å². The zero-order valence-corrected chi connectivity index (χ0v) is 7.69. The molecule has 0 saturated heterocycles. The molecule has 0 radical (unpaired) electrons. The lowest BCUT2D eigenvalue weighted by molar-refractivity contribution is 0.463. The first kappa shape index (κ1) is 7.76. The van der Waals surface area contributed by atoms with Crippen molar-refractivity contribution in [1.82, 2.24) is 0 Å². The first-order valence-electron chi connectivity index (χ1n) is 3.30. The smallest absolute Gasteiger partial charge is 0.134 e. The van der Waals surface area contributed by atoms with E-state index in [-0.39, 0.29) is 11.5 Å². The Balaban J connectivity index is 2.87. The molecule has 2 nitrogen and oxygen atoms in total. The number of thiol groups is 1. The van der Waals surface area contributed by atoms with Gasteiger partial charge >= 0.3 is 0 Å². The average molecular weight is 198 g/mol. The van der Waals surface area contributed by atoms with E-state index in [9.17, 15) is 10.2 Å². The quantitative estimate of drug-likeness (QED) is 0.569. The summed E-state index contributed by atoms with van der Waals surface area (Å²) in [6.07, 6.45) is 0. The zero-order chi connectivity index (χ0) is 8.72. The van der Waals surface area contributed by atoms with Crippen molar-refractivity contribution in [2.24, 2.45) is 0 Å². The number of phenols is 1. The minimum atomic E-state index is 0.146. The fourth-order valence-corrected chi connectivity index (χ4v) is 2.07. The number of aromatic hydroxyl groups is 2. The zero-order valence-electron chi connectivity index (χ0n) is 5.98. The van der Waals surface area contributed by atoms with Crippen molar-refractivity contribution >= 4 is 34.1 Å². The summed E-state index contributed by atoms with van der Waals surface area (Å²) >= 11 is 5.43. The van der Waals surface area contributed by atoms with Crippen molar-refractivity contribution < 1.29 is 10.2 Å². The van der Waals surface area contributed by atoms with Crippen LogP contribution in [0.15, 0.2) is 22.4 Å². The van der Waals surface area contributed by atoms with Crippen LogP contribution in [0.1, 0.15) is 0 Å². The van der Waals surface area contributed by atoms with E-state index in [4.69, 9.17) is 0 Å². The van der Waals surface area contributed by atoms with Gasteiger partial charge in [-0.25, -0.2) is 0 Å². The first-order valence-corrected chi connectivity index (χ1v) is 4.63. The number of rotatable bonds is 0. The summed E-state index contributed by atoms with van der Waals surface area (Å²) in [5.41, 5.74) is 0. The summed E-state index contributed by atoms with van der Waals surface area (Å²) in [7, 11) is 0. The SMILES string of the molecule is Oc1cc2scc(O)c2cc1S. The van der Waals surface area contributed by atoms with Crippen LogP contribution in [-0.4, -0.2) is 10.2 Å². The lowest BCUT2D eigenvalue weighted by atomic mass is 10.2. The van der Waals surface area contributed by atoms with Gasteiger partial charge in [-0.15, -0.1) is 24.0 Å². The monoisotopic (exact) mass is 198 g/mol. The summed E-state index contributed by atoms with van der Waals surface area (Å²) in [5.74, 6) is 0.387. The van der Waals surface area contributed by atoms with E-state index in [2.05, 4.69) is 12.6 Å². The molecule has 2 N–H and O–H groups in total. The highest BCUT2D eigenvalue weighted by atomic mass is 32.1. The third-order valence-electron chi connectivity index (χ3n) is 1.65. The second-order valence-electron chi connectivity index (χ2n) is 2.46. The standard InChI is InChI=1S/C8H6O2S2/c9-5-2-8-4(1-7(5)11)6(10)3-12-8/h1-3,9-11H. The molecule has 0 fully saturated rings. The molecule has 0 atom stereocenters. The summed E-state index contributed by atoms with van der Waals surface area (Å²) in [6.45, 7) is 0. The Hall–Kier alpha value is -0.870. The predicted molar refractivity (Wildman–Crippen MR) is 52.4 cm³/mol. The van der Waals surface area contributed by atoms with Crippen LogP contribution in [0.5, 0.6) is 11.5 Å². The molecule has 1 aromatic heterocycles. The van der Waals surface area contributed by atoms with Crippen molar-refractivity contribution in [3.05, 3.63) is 17.5 Å². The van der Waals surface area contributed by atoms with Crippen LogP contribution in [0.25, 0.3) is 10.1 Å². The Labute approximate surface area is 78.5 Å². The largest absolute Gasteiger partial charge is 0.507 e. The molecule has 0 aliphatic rings. The van der Waals surface area contributed by atoms with E-state index >= 15 is 0 Å². The van der Waals surface area contributed by atoms with Crippen LogP contribution in [-0.2, 0) is 0 Å². The van der Waals surface area contributed by atoms with Crippen LogP contribution in [0, 0.1) is 0 Å². The van der Waals surface area contributed by atoms with E-state index in [1.54, 1.807) is 17.5 Å². The molecule has 0 unspecified atom stereocenters. The molecule has 0 spiro atoms. The van der Waals surface area contributed by atoms with Gasteiger partial charge in [-0.05, 0) is 12.1 Å². The summed E-state index contributed by atoms with van der Waals surface area (Å²) < 4.78 is 0.864. The second-order valence-corrected chi connectivity index (χ2v) is 3.85. The van der Waals surface area contributed by atoms with Crippen LogP contribution in [0.3, 0.4) is 0 Å². The molecule has 4 heteroatoms. The summed E-state index contributed by atoms with van der Waals surface area (Å²) in [6, 6.07) is 3.25.